The first-order chi connectivity index (χ1) is 20.5. The summed E-state index contributed by atoms with van der Waals surface area (Å²) in [6.07, 6.45) is -5.39. The average molecular weight is 598 g/mol. The summed E-state index contributed by atoms with van der Waals surface area (Å²) in [5, 5.41) is 11.1. The molecule has 226 valence electrons. The highest BCUT2D eigenvalue weighted by atomic mass is 19.4. The third-order valence-corrected chi connectivity index (χ3v) is 6.51. The maximum atomic E-state index is 13.6. The number of carboxylic acids is 1. The third-order valence-electron chi connectivity index (χ3n) is 6.51. The van der Waals surface area contributed by atoms with Crippen molar-refractivity contribution in [3.05, 3.63) is 88.7 Å². The van der Waals surface area contributed by atoms with Crippen LogP contribution in [-0.2, 0) is 9.53 Å². The predicted molar refractivity (Wildman–Crippen MR) is 156 cm³/mol. The number of hydrogen-bond acceptors (Lipinski definition) is 7. The number of amides is 1. The Morgan fingerprint density at radius 1 is 0.977 bits per heavy atom. The molecule has 0 atom stereocenters. The van der Waals surface area contributed by atoms with Gasteiger partial charge in [-0.05, 0) is 44.2 Å². The molecule has 3 heterocycles. The summed E-state index contributed by atoms with van der Waals surface area (Å²) in [7, 11) is 0. The number of carboxylic acid groups (broad SMARTS) is 1. The molecule has 2 N–H and O–H groups in total. The Kier molecular flexibility index (Phi) is 9.53. The van der Waals surface area contributed by atoms with Crippen LogP contribution in [-0.4, -0.2) is 70.6 Å². The molecule has 1 fully saturated rings. The number of aryl methyl sites for hydroxylation is 1. The number of carbonyl (C=O) groups excluding carboxylic acids is 1. The van der Waals surface area contributed by atoms with E-state index < -0.39 is 12.1 Å². The van der Waals surface area contributed by atoms with E-state index in [0.29, 0.717) is 49.8 Å². The number of pyridine rings is 2. The van der Waals surface area contributed by atoms with Gasteiger partial charge < -0.3 is 25.0 Å². The third kappa shape index (κ3) is 7.42. The van der Waals surface area contributed by atoms with Crippen LogP contribution in [0.4, 0.5) is 35.3 Å². The number of anilines is 3. The van der Waals surface area contributed by atoms with Gasteiger partial charge in [0, 0.05) is 49.3 Å². The van der Waals surface area contributed by atoms with Gasteiger partial charge in [0.15, 0.2) is 5.43 Å². The Morgan fingerprint density at radius 3 is 2.12 bits per heavy atom. The quantitative estimate of drug-likeness (QED) is 0.316. The van der Waals surface area contributed by atoms with E-state index in [2.05, 4.69) is 14.8 Å². The molecule has 10 nitrogen and oxygen atoms in total. The fraction of sp³-hybridized carbons (Fsp3) is 0.267. The Bertz CT molecular complexity index is 1640. The van der Waals surface area contributed by atoms with Gasteiger partial charge in [0.2, 0.25) is 0 Å². The van der Waals surface area contributed by atoms with E-state index >= 15 is 0 Å². The smallest absolute Gasteiger partial charge is 0.475 e. The zero-order valence-electron chi connectivity index (χ0n) is 23.5. The summed E-state index contributed by atoms with van der Waals surface area (Å²) >= 11 is 0. The number of carbonyl (C=O) groups is 2. The first kappa shape index (κ1) is 30.9. The number of nitrogens with zero attached hydrogens (tertiary/aromatic N) is 4. The Labute approximate surface area is 244 Å². The zero-order chi connectivity index (χ0) is 31.1. The molecule has 0 bridgehead atoms. The number of alkyl halides is 3. The van der Waals surface area contributed by atoms with E-state index in [-0.39, 0.29) is 11.5 Å². The van der Waals surface area contributed by atoms with Crippen LogP contribution in [0.2, 0.25) is 0 Å². The lowest BCUT2D eigenvalue weighted by molar-refractivity contribution is -0.192. The second-order valence-electron chi connectivity index (χ2n) is 9.51. The number of aliphatic carboxylic acids is 1. The summed E-state index contributed by atoms with van der Waals surface area (Å²) in [5.41, 5.74) is 3.31. The SMILES string of the molecule is CCOC(=O)N1CCN(c2nc(C)cc3c2c(=O)cc(Nc2ccccc2)n3-c2ccccc2)CC1.O=C(O)C(F)(F)F. The molecule has 1 aliphatic rings. The van der Waals surface area contributed by atoms with Gasteiger partial charge in [-0.2, -0.15) is 13.2 Å². The van der Waals surface area contributed by atoms with Crippen LogP contribution in [0.3, 0.4) is 0 Å². The topological polar surface area (TPSA) is 117 Å². The molecule has 2 aromatic carbocycles. The number of halogens is 3. The maximum Gasteiger partial charge on any atom is 0.490 e. The standard InChI is InChI=1S/C28H29N5O3.C2HF3O2/c1-3-36-28(35)32-16-14-31(15-17-32)27-26-23(18-20(2)29-27)33(22-12-8-5-9-13-22)25(19-24(26)34)30-21-10-6-4-7-11-21;3-2(4,5)1(6)7/h4-13,18-19,30H,3,14-17H2,1-2H3;(H,6,7). The van der Waals surface area contributed by atoms with Crippen LogP contribution in [0.1, 0.15) is 12.6 Å². The number of fused-ring (bicyclic) bond motifs is 1. The number of rotatable bonds is 5. The molecular weight excluding hydrogens is 567 g/mol. The van der Waals surface area contributed by atoms with Crippen LogP contribution in [0.25, 0.3) is 16.6 Å². The van der Waals surface area contributed by atoms with Gasteiger partial charge in [0.25, 0.3) is 0 Å². The van der Waals surface area contributed by atoms with E-state index in [9.17, 15) is 22.8 Å². The average Bonchev–Trinajstić information content (AvgIpc) is 2.98. The molecular formula is C30H30F3N5O5. The summed E-state index contributed by atoms with van der Waals surface area (Å²) in [6, 6.07) is 23.4. The van der Waals surface area contributed by atoms with Crippen molar-refractivity contribution >= 4 is 40.3 Å². The summed E-state index contributed by atoms with van der Waals surface area (Å²) in [5.74, 6) is -1.43. The lowest BCUT2D eigenvalue weighted by Gasteiger charge is -2.35. The number of piperazine rings is 1. The van der Waals surface area contributed by atoms with E-state index in [1.165, 1.54) is 0 Å². The molecule has 0 aliphatic carbocycles. The first-order valence-electron chi connectivity index (χ1n) is 13.4. The normalized spacial score (nSPS) is 13.2. The largest absolute Gasteiger partial charge is 0.490 e. The van der Waals surface area contributed by atoms with Crippen molar-refractivity contribution in [2.75, 3.05) is 43.0 Å². The Hall–Kier alpha value is -5.07. The van der Waals surface area contributed by atoms with Crippen molar-refractivity contribution in [1.29, 1.82) is 0 Å². The fourth-order valence-corrected chi connectivity index (χ4v) is 4.60. The van der Waals surface area contributed by atoms with Crippen LogP contribution in [0.15, 0.2) is 77.6 Å². The number of aromatic nitrogens is 2. The predicted octanol–water partition coefficient (Wildman–Crippen LogP) is 5.35. The summed E-state index contributed by atoms with van der Waals surface area (Å²) in [6.45, 7) is 6.25. The number of ether oxygens (including phenoxy) is 1. The second kappa shape index (κ2) is 13.3. The van der Waals surface area contributed by atoms with Gasteiger partial charge in [0.1, 0.15) is 11.6 Å². The molecule has 5 rings (SSSR count). The molecule has 0 unspecified atom stereocenters. The first-order valence-corrected chi connectivity index (χ1v) is 13.4. The summed E-state index contributed by atoms with van der Waals surface area (Å²) < 4.78 is 39.0. The van der Waals surface area contributed by atoms with E-state index in [1.54, 1.807) is 17.9 Å². The molecule has 4 aromatic rings. The van der Waals surface area contributed by atoms with Gasteiger partial charge in [-0.25, -0.2) is 14.6 Å². The molecule has 13 heteroatoms. The van der Waals surface area contributed by atoms with Crippen molar-refractivity contribution in [1.82, 2.24) is 14.5 Å². The van der Waals surface area contributed by atoms with Crippen molar-refractivity contribution in [2.45, 2.75) is 20.0 Å². The van der Waals surface area contributed by atoms with E-state index in [1.807, 2.05) is 73.7 Å². The highest BCUT2D eigenvalue weighted by molar-refractivity contribution is 5.93. The molecule has 2 aromatic heterocycles. The Balaban J connectivity index is 0.000000541. The van der Waals surface area contributed by atoms with Gasteiger partial charge >= 0.3 is 18.2 Å². The van der Waals surface area contributed by atoms with Crippen molar-refractivity contribution in [3.8, 4) is 5.69 Å². The van der Waals surface area contributed by atoms with Crippen LogP contribution >= 0.6 is 0 Å². The molecule has 1 aliphatic heterocycles. The highest BCUT2D eigenvalue weighted by Gasteiger charge is 2.38. The molecule has 1 saturated heterocycles. The van der Waals surface area contributed by atoms with Crippen molar-refractivity contribution in [2.24, 2.45) is 0 Å². The lowest BCUT2D eigenvalue weighted by atomic mass is 10.1. The van der Waals surface area contributed by atoms with E-state index in [0.717, 1.165) is 22.6 Å². The monoisotopic (exact) mass is 597 g/mol. The summed E-state index contributed by atoms with van der Waals surface area (Å²) in [4.78, 5) is 43.2. The van der Waals surface area contributed by atoms with Crippen LogP contribution in [0, 0.1) is 6.92 Å². The van der Waals surface area contributed by atoms with Gasteiger partial charge in [0.05, 0.1) is 17.5 Å². The molecule has 0 spiro atoms. The minimum atomic E-state index is -5.08. The van der Waals surface area contributed by atoms with Crippen LogP contribution in [0.5, 0.6) is 0 Å². The molecule has 0 radical (unpaired) electrons. The molecule has 1 amide bonds. The number of para-hydroxylation sites is 2. The molecule has 0 saturated carbocycles. The van der Waals surface area contributed by atoms with Crippen molar-refractivity contribution in [3.63, 3.8) is 0 Å². The van der Waals surface area contributed by atoms with Gasteiger partial charge in [-0.15, -0.1) is 0 Å². The minimum Gasteiger partial charge on any atom is -0.475 e. The highest BCUT2D eigenvalue weighted by Crippen LogP contribution is 2.30. The van der Waals surface area contributed by atoms with E-state index in [4.69, 9.17) is 19.6 Å². The maximum absolute atomic E-state index is 13.6. The minimum absolute atomic E-state index is 0.106. The van der Waals surface area contributed by atoms with Crippen molar-refractivity contribution < 1.29 is 32.6 Å². The number of nitrogens with one attached hydrogen (secondary N) is 1. The Morgan fingerprint density at radius 2 is 1.56 bits per heavy atom. The second-order valence-corrected chi connectivity index (χ2v) is 9.51. The molecule has 43 heavy (non-hydrogen) atoms. The number of benzene rings is 2. The zero-order valence-corrected chi connectivity index (χ0v) is 23.5. The van der Waals surface area contributed by atoms with Crippen LogP contribution < -0.4 is 15.6 Å². The fourth-order valence-electron chi connectivity index (χ4n) is 4.60. The lowest BCUT2D eigenvalue weighted by Crippen LogP contribution is -2.49. The van der Waals surface area contributed by atoms with Gasteiger partial charge in [-0.1, -0.05) is 36.4 Å². The van der Waals surface area contributed by atoms with Gasteiger partial charge in [-0.3, -0.25) is 9.36 Å². The number of hydrogen-bond donors (Lipinski definition) is 2.